The fourth-order valence-electron chi connectivity index (χ4n) is 5.54. The molecular formula is C27H41N3O5S. The molecule has 3 heterocycles. The van der Waals surface area contributed by atoms with E-state index >= 15 is 0 Å². The Bertz CT molecular complexity index is 957. The molecule has 2 N–H and O–H groups in total. The van der Waals surface area contributed by atoms with E-state index in [9.17, 15) is 19.5 Å². The van der Waals surface area contributed by atoms with E-state index in [1.54, 1.807) is 9.80 Å². The largest absolute Gasteiger partial charge is 0.477 e. The van der Waals surface area contributed by atoms with E-state index in [4.69, 9.17) is 4.74 Å². The van der Waals surface area contributed by atoms with Gasteiger partial charge in [0, 0.05) is 30.4 Å². The van der Waals surface area contributed by atoms with Crippen LogP contribution < -0.4 is 10.2 Å². The Morgan fingerprint density at radius 1 is 1.14 bits per heavy atom. The van der Waals surface area contributed by atoms with Gasteiger partial charge >= 0.3 is 12.1 Å². The van der Waals surface area contributed by atoms with E-state index in [2.05, 4.69) is 33.0 Å². The minimum atomic E-state index is -1.01. The van der Waals surface area contributed by atoms with Crippen LogP contribution in [0.3, 0.4) is 0 Å². The van der Waals surface area contributed by atoms with E-state index in [-0.39, 0.29) is 40.4 Å². The second-order valence-corrected chi connectivity index (χ2v) is 12.8. The number of hydrogen-bond donors (Lipinski definition) is 2. The molecule has 3 fully saturated rings. The fourth-order valence-corrected chi connectivity index (χ4v) is 6.58. The average molecular weight is 520 g/mol. The number of carboxylic acid groups (broad SMARTS) is 1. The van der Waals surface area contributed by atoms with E-state index in [1.165, 1.54) is 11.3 Å². The van der Waals surface area contributed by atoms with Gasteiger partial charge in [-0.25, -0.2) is 9.59 Å². The summed E-state index contributed by atoms with van der Waals surface area (Å²) >= 11 is 1.25. The van der Waals surface area contributed by atoms with Crippen LogP contribution in [0.15, 0.2) is 6.07 Å². The summed E-state index contributed by atoms with van der Waals surface area (Å²) in [6, 6.07) is 1.63. The standard InChI is InChI=1S/C27H41N3O5S/c1-17-7-9-18(10-8-17)24(31)30(21-14-22(27(2,3)4)36-23(21)25(32)33)19-11-13-29(16-19)26(34)35-20-6-5-12-28-15-20/h14,17-20,28H,5-13,15-16H2,1-4H3,(H,32,33)/t17?,18?,19-,20+/m0/s1. The van der Waals surface area contributed by atoms with Crippen LogP contribution in [0.5, 0.6) is 0 Å². The number of ether oxygens (including phenoxy) is 1. The van der Waals surface area contributed by atoms with Crippen molar-refractivity contribution in [2.45, 2.75) is 90.2 Å². The Hall–Kier alpha value is -2.13. The first-order valence-corrected chi connectivity index (χ1v) is 14.2. The number of carbonyl (C=O) groups is 3. The summed E-state index contributed by atoms with van der Waals surface area (Å²) in [6.07, 6.45) is 5.62. The Balaban J connectivity index is 1.60. The number of likely N-dealkylation sites (tertiary alicyclic amines) is 1. The molecule has 1 aromatic heterocycles. The number of rotatable bonds is 5. The lowest BCUT2D eigenvalue weighted by molar-refractivity contribution is -0.124. The van der Waals surface area contributed by atoms with Crippen LogP contribution in [-0.4, -0.2) is 66.3 Å². The van der Waals surface area contributed by atoms with Crippen LogP contribution in [0, 0.1) is 11.8 Å². The lowest BCUT2D eigenvalue weighted by Crippen LogP contribution is -2.47. The summed E-state index contributed by atoms with van der Waals surface area (Å²) in [7, 11) is 0. The molecule has 200 valence electrons. The lowest BCUT2D eigenvalue weighted by Gasteiger charge is -2.34. The van der Waals surface area contributed by atoms with Gasteiger partial charge in [-0.3, -0.25) is 4.79 Å². The number of thiophene rings is 1. The lowest BCUT2D eigenvalue weighted by atomic mass is 9.82. The van der Waals surface area contributed by atoms with Gasteiger partial charge in [-0.05, 0) is 68.9 Å². The predicted molar refractivity (Wildman–Crippen MR) is 141 cm³/mol. The molecule has 0 unspecified atom stereocenters. The van der Waals surface area contributed by atoms with Gasteiger partial charge in [0.2, 0.25) is 5.91 Å². The van der Waals surface area contributed by atoms with Gasteiger partial charge in [0.1, 0.15) is 11.0 Å². The molecule has 36 heavy (non-hydrogen) atoms. The third-order valence-corrected chi connectivity index (χ3v) is 9.35. The monoisotopic (exact) mass is 519 g/mol. The van der Waals surface area contributed by atoms with E-state index in [1.807, 2.05) is 6.07 Å². The molecule has 1 aliphatic carbocycles. The highest BCUT2D eigenvalue weighted by atomic mass is 32.1. The maximum atomic E-state index is 14.0. The molecule has 9 heteroatoms. The third kappa shape index (κ3) is 6.05. The number of aromatic carboxylic acids is 1. The summed E-state index contributed by atoms with van der Waals surface area (Å²) in [6.45, 7) is 10.8. The molecule has 1 saturated carbocycles. The van der Waals surface area contributed by atoms with E-state index < -0.39 is 5.97 Å². The first-order valence-electron chi connectivity index (χ1n) is 13.4. The van der Waals surface area contributed by atoms with Crippen molar-refractivity contribution in [1.82, 2.24) is 10.2 Å². The average Bonchev–Trinajstić information content (AvgIpc) is 3.49. The molecule has 0 aromatic carbocycles. The first kappa shape index (κ1) is 26.9. The van der Waals surface area contributed by atoms with Crippen LogP contribution >= 0.6 is 11.3 Å². The topological polar surface area (TPSA) is 99.2 Å². The van der Waals surface area contributed by atoms with Gasteiger partial charge in [0.25, 0.3) is 0 Å². The first-order chi connectivity index (χ1) is 17.0. The molecule has 2 atom stereocenters. The molecular weight excluding hydrogens is 478 g/mol. The van der Waals surface area contributed by atoms with Crippen LogP contribution in [0.4, 0.5) is 10.5 Å². The normalized spacial score (nSPS) is 27.1. The van der Waals surface area contributed by atoms with Crippen molar-refractivity contribution in [3.63, 3.8) is 0 Å². The number of nitrogens with zero attached hydrogens (tertiary/aromatic N) is 2. The Morgan fingerprint density at radius 3 is 2.47 bits per heavy atom. The van der Waals surface area contributed by atoms with Crippen molar-refractivity contribution in [3.8, 4) is 0 Å². The van der Waals surface area contributed by atoms with Gasteiger partial charge in [-0.2, -0.15) is 0 Å². The zero-order chi connectivity index (χ0) is 26.0. The highest BCUT2D eigenvalue weighted by Gasteiger charge is 2.40. The number of piperidine rings is 1. The Morgan fingerprint density at radius 2 is 1.86 bits per heavy atom. The number of anilines is 1. The molecule has 0 radical (unpaired) electrons. The van der Waals surface area contributed by atoms with Gasteiger partial charge in [0.15, 0.2) is 0 Å². The van der Waals surface area contributed by atoms with Gasteiger partial charge < -0.3 is 25.0 Å². The second kappa shape index (κ2) is 11.1. The summed E-state index contributed by atoms with van der Waals surface area (Å²) < 4.78 is 5.74. The fraction of sp³-hybridized carbons (Fsp3) is 0.741. The zero-order valence-corrected chi connectivity index (χ0v) is 22.9. The zero-order valence-electron chi connectivity index (χ0n) is 22.0. The number of carbonyl (C=O) groups excluding carboxylic acids is 2. The minimum absolute atomic E-state index is 0.000595. The summed E-state index contributed by atoms with van der Waals surface area (Å²) in [4.78, 5) is 43.8. The maximum absolute atomic E-state index is 14.0. The summed E-state index contributed by atoms with van der Waals surface area (Å²) in [5, 5.41) is 13.3. The van der Waals surface area contributed by atoms with E-state index in [0.29, 0.717) is 37.7 Å². The molecule has 1 aromatic rings. The van der Waals surface area contributed by atoms with Crippen molar-refractivity contribution in [2.24, 2.45) is 11.8 Å². The SMILES string of the molecule is CC1CCC(C(=O)N(c2cc(C(C)(C)C)sc2C(=O)O)[C@H]2CCN(C(=O)O[C@@H]3CCCNC3)C2)CC1. The molecule has 0 bridgehead atoms. The quantitative estimate of drug-likeness (QED) is 0.576. The molecule has 8 nitrogen and oxygen atoms in total. The van der Waals surface area contributed by atoms with Crippen molar-refractivity contribution < 1.29 is 24.2 Å². The third-order valence-electron chi connectivity index (χ3n) is 7.81. The van der Waals surface area contributed by atoms with Crippen LogP contribution in [0.2, 0.25) is 0 Å². The summed E-state index contributed by atoms with van der Waals surface area (Å²) in [5.74, 6) is -0.522. The molecule has 2 amide bonds. The van der Waals surface area contributed by atoms with Crippen LogP contribution in [-0.2, 0) is 14.9 Å². The number of hydrogen-bond acceptors (Lipinski definition) is 6. The predicted octanol–water partition coefficient (Wildman–Crippen LogP) is 4.87. The van der Waals surface area contributed by atoms with E-state index in [0.717, 1.165) is 49.9 Å². The second-order valence-electron chi connectivity index (χ2n) is 11.8. The molecule has 2 saturated heterocycles. The highest BCUT2D eigenvalue weighted by molar-refractivity contribution is 7.14. The van der Waals surface area contributed by atoms with Crippen molar-refractivity contribution in [1.29, 1.82) is 0 Å². The Labute approximate surface area is 218 Å². The Kier molecular flexibility index (Phi) is 8.29. The van der Waals surface area contributed by atoms with Crippen LogP contribution in [0.1, 0.15) is 87.2 Å². The van der Waals surface area contributed by atoms with Crippen molar-refractivity contribution in [2.75, 3.05) is 31.1 Å². The summed E-state index contributed by atoms with van der Waals surface area (Å²) in [5.41, 5.74) is 0.250. The molecule has 3 aliphatic rings. The van der Waals surface area contributed by atoms with Crippen molar-refractivity contribution in [3.05, 3.63) is 15.8 Å². The van der Waals surface area contributed by atoms with Crippen LogP contribution in [0.25, 0.3) is 0 Å². The minimum Gasteiger partial charge on any atom is -0.477 e. The number of carboxylic acids is 1. The highest BCUT2D eigenvalue weighted by Crippen LogP contribution is 2.41. The van der Waals surface area contributed by atoms with Gasteiger partial charge in [0.05, 0.1) is 11.7 Å². The maximum Gasteiger partial charge on any atom is 0.410 e. The molecule has 2 aliphatic heterocycles. The van der Waals surface area contributed by atoms with Gasteiger partial charge in [-0.1, -0.05) is 27.7 Å². The number of nitrogens with one attached hydrogen (secondary N) is 1. The smallest absolute Gasteiger partial charge is 0.410 e. The molecule has 0 spiro atoms. The van der Waals surface area contributed by atoms with Crippen molar-refractivity contribution >= 4 is 35.0 Å². The molecule has 4 rings (SSSR count). The van der Waals surface area contributed by atoms with Gasteiger partial charge in [-0.15, -0.1) is 11.3 Å². The number of amides is 2.